The van der Waals surface area contributed by atoms with E-state index in [1.165, 1.54) is 10.4 Å². The summed E-state index contributed by atoms with van der Waals surface area (Å²) in [6, 6.07) is 12.2. The molecule has 138 valence electrons. The van der Waals surface area contributed by atoms with Gasteiger partial charge in [-0.25, -0.2) is 8.42 Å². The number of nitrogens with zero attached hydrogens (tertiary/aromatic N) is 2. The lowest BCUT2D eigenvalue weighted by Crippen LogP contribution is -2.43. The van der Waals surface area contributed by atoms with Crippen LogP contribution in [0.5, 0.6) is 5.75 Å². The molecule has 0 spiro atoms. The van der Waals surface area contributed by atoms with Gasteiger partial charge in [0.25, 0.3) is 10.0 Å². The number of anilines is 2. The molecule has 4 rings (SSSR count). The van der Waals surface area contributed by atoms with Gasteiger partial charge in [-0.1, -0.05) is 23.7 Å². The Kier molecular flexibility index (Phi) is 4.69. The predicted octanol–water partition coefficient (Wildman–Crippen LogP) is 2.34. The number of benzene rings is 2. The van der Waals surface area contributed by atoms with Gasteiger partial charge in [0.1, 0.15) is 17.3 Å². The van der Waals surface area contributed by atoms with E-state index in [1.54, 1.807) is 18.2 Å². The quantitative estimate of drug-likeness (QED) is 0.867. The molecule has 8 heteroatoms. The first-order valence-electron chi connectivity index (χ1n) is 8.57. The van der Waals surface area contributed by atoms with Crippen LogP contribution >= 0.6 is 11.6 Å². The van der Waals surface area contributed by atoms with Gasteiger partial charge in [0, 0.05) is 31.9 Å². The van der Waals surface area contributed by atoms with Crippen LogP contribution in [0.4, 0.5) is 11.4 Å². The zero-order valence-electron chi connectivity index (χ0n) is 14.2. The Morgan fingerprint density at radius 2 is 1.81 bits per heavy atom. The van der Waals surface area contributed by atoms with Crippen molar-refractivity contribution in [2.24, 2.45) is 0 Å². The monoisotopic (exact) mass is 393 g/mol. The number of ether oxygens (including phenoxy) is 1. The van der Waals surface area contributed by atoms with Gasteiger partial charge in [0.15, 0.2) is 0 Å². The molecule has 0 amide bonds. The number of fused-ring (bicyclic) bond motifs is 1. The molecule has 0 radical (unpaired) electrons. The average molecular weight is 394 g/mol. The Labute approximate surface area is 158 Å². The summed E-state index contributed by atoms with van der Waals surface area (Å²) in [5.74, 6) is 0.575. The molecule has 1 N–H and O–H groups in total. The molecular weight excluding hydrogens is 374 g/mol. The highest BCUT2D eigenvalue weighted by atomic mass is 35.5. The van der Waals surface area contributed by atoms with E-state index in [-0.39, 0.29) is 16.5 Å². The Morgan fingerprint density at radius 1 is 1.04 bits per heavy atom. The van der Waals surface area contributed by atoms with Crippen LogP contribution in [0, 0.1) is 0 Å². The van der Waals surface area contributed by atoms with Gasteiger partial charge in [-0.3, -0.25) is 4.31 Å². The van der Waals surface area contributed by atoms with E-state index in [2.05, 4.69) is 10.2 Å². The maximum atomic E-state index is 13.2. The van der Waals surface area contributed by atoms with E-state index in [9.17, 15) is 8.42 Å². The highest BCUT2D eigenvalue weighted by Crippen LogP contribution is 2.39. The zero-order valence-corrected chi connectivity index (χ0v) is 15.8. The van der Waals surface area contributed by atoms with Crippen molar-refractivity contribution in [3.05, 3.63) is 47.5 Å². The normalized spacial score (nSPS) is 17.6. The first kappa shape index (κ1) is 17.5. The van der Waals surface area contributed by atoms with Crippen LogP contribution in [-0.4, -0.2) is 47.7 Å². The molecule has 0 saturated carbocycles. The number of halogens is 1. The van der Waals surface area contributed by atoms with E-state index < -0.39 is 10.0 Å². The lowest BCUT2D eigenvalue weighted by atomic mass is 10.2. The number of sulfonamides is 1. The van der Waals surface area contributed by atoms with Crippen molar-refractivity contribution in [2.75, 3.05) is 48.5 Å². The van der Waals surface area contributed by atoms with Gasteiger partial charge in [0.05, 0.1) is 17.3 Å². The topological polar surface area (TPSA) is 61.9 Å². The number of hydrogen-bond acceptors (Lipinski definition) is 5. The lowest BCUT2D eigenvalue weighted by Gasteiger charge is -2.34. The second kappa shape index (κ2) is 6.98. The molecule has 2 aromatic carbocycles. The van der Waals surface area contributed by atoms with Crippen molar-refractivity contribution in [1.82, 2.24) is 5.32 Å². The third-order valence-corrected chi connectivity index (χ3v) is 6.96. The van der Waals surface area contributed by atoms with E-state index >= 15 is 0 Å². The van der Waals surface area contributed by atoms with Crippen molar-refractivity contribution in [1.29, 1.82) is 0 Å². The Hall–Kier alpha value is -1.96. The fourth-order valence-electron chi connectivity index (χ4n) is 3.32. The molecule has 0 bridgehead atoms. The molecule has 6 nitrogen and oxygen atoms in total. The Balaban J connectivity index is 1.75. The first-order valence-corrected chi connectivity index (χ1v) is 10.4. The van der Waals surface area contributed by atoms with Gasteiger partial charge in [-0.15, -0.1) is 0 Å². The number of hydrogen-bond donors (Lipinski definition) is 1. The number of nitrogens with one attached hydrogen (secondary N) is 1. The molecule has 26 heavy (non-hydrogen) atoms. The molecule has 2 aliphatic heterocycles. The summed E-state index contributed by atoms with van der Waals surface area (Å²) in [5.41, 5.74) is 1.56. The summed E-state index contributed by atoms with van der Waals surface area (Å²) >= 11 is 6.16. The number of rotatable bonds is 3. The summed E-state index contributed by atoms with van der Waals surface area (Å²) < 4.78 is 33.5. The summed E-state index contributed by atoms with van der Waals surface area (Å²) in [4.78, 5) is 2.35. The SMILES string of the molecule is O=S(=O)(c1ccccc1Cl)N1CCOc2ccc(N3CCNCC3)cc21. The molecule has 2 heterocycles. The smallest absolute Gasteiger partial charge is 0.266 e. The highest BCUT2D eigenvalue weighted by molar-refractivity contribution is 7.93. The molecule has 2 aliphatic rings. The minimum atomic E-state index is -3.76. The second-order valence-electron chi connectivity index (χ2n) is 6.25. The van der Waals surface area contributed by atoms with Crippen LogP contribution in [0.3, 0.4) is 0 Å². The van der Waals surface area contributed by atoms with Crippen molar-refractivity contribution in [3.8, 4) is 5.75 Å². The largest absolute Gasteiger partial charge is 0.489 e. The first-order chi connectivity index (χ1) is 12.6. The van der Waals surface area contributed by atoms with E-state index in [1.807, 2.05) is 18.2 Å². The van der Waals surface area contributed by atoms with Crippen molar-refractivity contribution in [3.63, 3.8) is 0 Å². The minimum absolute atomic E-state index is 0.113. The van der Waals surface area contributed by atoms with E-state index in [0.29, 0.717) is 18.0 Å². The van der Waals surface area contributed by atoms with Crippen LogP contribution < -0.4 is 19.3 Å². The highest BCUT2D eigenvalue weighted by Gasteiger charge is 2.32. The van der Waals surface area contributed by atoms with Crippen LogP contribution in [0.1, 0.15) is 0 Å². The maximum absolute atomic E-state index is 13.2. The molecular formula is C18H20ClN3O3S. The molecule has 2 aromatic rings. The average Bonchev–Trinajstić information content (AvgIpc) is 2.68. The predicted molar refractivity (Wildman–Crippen MR) is 103 cm³/mol. The molecule has 0 atom stereocenters. The second-order valence-corrected chi connectivity index (χ2v) is 8.48. The van der Waals surface area contributed by atoms with Gasteiger partial charge >= 0.3 is 0 Å². The summed E-state index contributed by atoms with van der Waals surface area (Å²) in [7, 11) is -3.76. The van der Waals surface area contributed by atoms with Crippen LogP contribution in [0.25, 0.3) is 0 Å². The summed E-state index contributed by atoms with van der Waals surface area (Å²) in [5, 5.41) is 3.54. The third kappa shape index (κ3) is 3.11. The Bertz CT molecular complexity index is 914. The summed E-state index contributed by atoms with van der Waals surface area (Å²) in [6.07, 6.45) is 0. The van der Waals surface area contributed by atoms with Crippen LogP contribution in [0.2, 0.25) is 5.02 Å². The fourth-order valence-corrected chi connectivity index (χ4v) is 5.27. The van der Waals surface area contributed by atoms with Crippen molar-refractivity contribution < 1.29 is 13.2 Å². The summed E-state index contributed by atoms with van der Waals surface area (Å²) in [6.45, 7) is 4.16. The van der Waals surface area contributed by atoms with Gasteiger partial charge in [-0.2, -0.15) is 0 Å². The molecule has 0 aromatic heterocycles. The molecule has 1 fully saturated rings. The zero-order chi connectivity index (χ0) is 18.1. The van der Waals surface area contributed by atoms with Gasteiger partial charge in [-0.05, 0) is 30.3 Å². The van der Waals surface area contributed by atoms with Crippen LogP contribution in [0.15, 0.2) is 47.4 Å². The van der Waals surface area contributed by atoms with Gasteiger partial charge < -0.3 is 15.0 Å². The van der Waals surface area contributed by atoms with Gasteiger partial charge in [0.2, 0.25) is 0 Å². The van der Waals surface area contributed by atoms with E-state index in [4.69, 9.17) is 16.3 Å². The molecule has 0 unspecified atom stereocenters. The third-order valence-electron chi connectivity index (χ3n) is 4.65. The number of piperazine rings is 1. The molecule has 0 aliphatic carbocycles. The van der Waals surface area contributed by atoms with E-state index in [0.717, 1.165) is 31.9 Å². The van der Waals surface area contributed by atoms with Crippen molar-refractivity contribution in [2.45, 2.75) is 4.90 Å². The standard InChI is InChI=1S/C18H20ClN3O3S/c19-15-3-1-2-4-18(15)26(23,24)22-11-12-25-17-6-5-14(13-16(17)22)21-9-7-20-8-10-21/h1-6,13,20H,7-12H2. The minimum Gasteiger partial charge on any atom is -0.489 e. The maximum Gasteiger partial charge on any atom is 0.266 e. The van der Waals surface area contributed by atoms with Crippen LogP contribution in [-0.2, 0) is 10.0 Å². The fraction of sp³-hybridized carbons (Fsp3) is 0.333. The van der Waals surface area contributed by atoms with Crippen molar-refractivity contribution >= 4 is 33.0 Å². The lowest BCUT2D eigenvalue weighted by molar-refractivity contribution is 0.316. The molecule has 1 saturated heterocycles. The Morgan fingerprint density at radius 3 is 2.58 bits per heavy atom.